The number of unbranched alkanes of at least 4 members (excludes halogenated alkanes) is 1. The van der Waals surface area contributed by atoms with Crippen molar-refractivity contribution in [2.45, 2.75) is 46.5 Å². The molecule has 0 spiro atoms. The number of benzene rings is 1. The molecule has 2 heteroatoms. The predicted molar refractivity (Wildman–Crippen MR) is 88.6 cm³/mol. The molecule has 1 aromatic carbocycles. The van der Waals surface area contributed by atoms with Crippen molar-refractivity contribution in [2.24, 2.45) is 11.8 Å². The Hall–Kier alpha value is -0.340. The van der Waals surface area contributed by atoms with E-state index in [1.165, 1.54) is 35.7 Å². The molecule has 1 aromatic rings. The van der Waals surface area contributed by atoms with Crippen LogP contribution in [0, 0.1) is 11.8 Å². The van der Waals surface area contributed by atoms with E-state index >= 15 is 0 Å². The maximum Gasteiger partial charge on any atom is 0.0175 e. The summed E-state index contributed by atoms with van der Waals surface area (Å²) >= 11 is 3.50. The van der Waals surface area contributed by atoms with Crippen LogP contribution in [0.4, 0.5) is 0 Å². The zero-order valence-corrected chi connectivity index (χ0v) is 14.2. The van der Waals surface area contributed by atoms with Crippen LogP contribution in [-0.4, -0.2) is 13.1 Å². The lowest BCUT2D eigenvalue weighted by Crippen LogP contribution is -2.27. The Morgan fingerprint density at radius 1 is 1.11 bits per heavy atom. The summed E-state index contributed by atoms with van der Waals surface area (Å²) < 4.78 is 1.17. The van der Waals surface area contributed by atoms with Crippen LogP contribution in [0.5, 0.6) is 0 Å². The summed E-state index contributed by atoms with van der Waals surface area (Å²) in [6.07, 6.45) is 5.15. The van der Waals surface area contributed by atoms with Gasteiger partial charge in [0.25, 0.3) is 0 Å². The highest BCUT2D eigenvalue weighted by Crippen LogP contribution is 2.17. The minimum Gasteiger partial charge on any atom is -0.316 e. The highest BCUT2D eigenvalue weighted by molar-refractivity contribution is 9.10. The first-order valence-electron chi connectivity index (χ1n) is 7.57. The number of hydrogen-bond donors (Lipinski definition) is 1. The van der Waals surface area contributed by atoms with Crippen molar-refractivity contribution in [3.63, 3.8) is 0 Å². The van der Waals surface area contributed by atoms with Crippen LogP contribution < -0.4 is 5.32 Å². The van der Waals surface area contributed by atoms with E-state index in [4.69, 9.17) is 0 Å². The second kappa shape index (κ2) is 9.55. The zero-order valence-electron chi connectivity index (χ0n) is 12.6. The number of nitrogens with one attached hydrogen (secondary N) is 1. The van der Waals surface area contributed by atoms with Crippen LogP contribution in [-0.2, 0) is 6.42 Å². The summed E-state index contributed by atoms with van der Waals surface area (Å²) in [5, 5.41) is 3.62. The molecular weight excluding hydrogens is 298 g/mol. The molecule has 0 saturated carbocycles. The molecule has 0 heterocycles. The largest absolute Gasteiger partial charge is 0.316 e. The first-order valence-corrected chi connectivity index (χ1v) is 8.36. The molecule has 1 nitrogen and oxygen atoms in total. The summed E-state index contributed by atoms with van der Waals surface area (Å²) in [5.74, 6) is 1.50. The molecule has 0 aliphatic heterocycles. The van der Waals surface area contributed by atoms with Gasteiger partial charge in [-0.15, -0.1) is 0 Å². The van der Waals surface area contributed by atoms with Gasteiger partial charge in [-0.3, -0.25) is 0 Å². The van der Waals surface area contributed by atoms with Gasteiger partial charge < -0.3 is 5.32 Å². The molecule has 1 rings (SSSR count). The van der Waals surface area contributed by atoms with Crippen LogP contribution in [0.25, 0.3) is 0 Å². The number of halogens is 1. The van der Waals surface area contributed by atoms with Gasteiger partial charge in [0, 0.05) is 4.47 Å². The van der Waals surface area contributed by atoms with Gasteiger partial charge >= 0.3 is 0 Å². The van der Waals surface area contributed by atoms with Gasteiger partial charge in [-0.1, -0.05) is 61.7 Å². The van der Waals surface area contributed by atoms with Crippen molar-refractivity contribution in [1.82, 2.24) is 5.32 Å². The maximum absolute atomic E-state index is 3.62. The van der Waals surface area contributed by atoms with Crippen molar-refractivity contribution in [1.29, 1.82) is 0 Å². The molecule has 19 heavy (non-hydrogen) atoms. The highest BCUT2D eigenvalue weighted by Gasteiger charge is 2.09. The van der Waals surface area contributed by atoms with Crippen LogP contribution in [0.2, 0.25) is 0 Å². The van der Waals surface area contributed by atoms with E-state index in [1.807, 2.05) is 0 Å². The molecule has 108 valence electrons. The molecule has 0 aromatic heterocycles. The van der Waals surface area contributed by atoms with Gasteiger partial charge in [-0.05, 0) is 55.5 Å². The average molecular weight is 326 g/mol. The molecule has 1 atom stereocenters. The van der Waals surface area contributed by atoms with Crippen LogP contribution in [0.3, 0.4) is 0 Å². The van der Waals surface area contributed by atoms with E-state index in [2.05, 4.69) is 66.3 Å². The maximum atomic E-state index is 3.62. The Morgan fingerprint density at radius 2 is 1.79 bits per heavy atom. The lowest BCUT2D eigenvalue weighted by Gasteiger charge is -2.18. The summed E-state index contributed by atoms with van der Waals surface area (Å²) in [6.45, 7) is 9.08. The third kappa shape index (κ3) is 7.74. The Balaban J connectivity index is 2.45. The first-order chi connectivity index (χ1) is 9.11. The van der Waals surface area contributed by atoms with Gasteiger partial charge in [-0.25, -0.2) is 0 Å². The Labute approximate surface area is 127 Å². The molecule has 1 N–H and O–H groups in total. The summed E-state index contributed by atoms with van der Waals surface area (Å²) in [5.41, 5.74) is 1.45. The van der Waals surface area contributed by atoms with Gasteiger partial charge in [0.15, 0.2) is 0 Å². The van der Waals surface area contributed by atoms with Crippen molar-refractivity contribution >= 4 is 15.9 Å². The SMILES string of the molecule is CCCCC(CNCC(C)C)Cc1ccc(Br)cc1. The third-order valence-electron chi connectivity index (χ3n) is 3.39. The predicted octanol–water partition coefficient (Wildman–Crippen LogP) is 5.04. The second-order valence-corrected chi connectivity index (χ2v) is 6.81. The summed E-state index contributed by atoms with van der Waals surface area (Å²) in [4.78, 5) is 0. The normalized spacial score (nSPS) is 12.9. The molecule has 0 aliphatic carbocycles. The van der Waals surface area contributed by atoms with Crippen molar-refractivity contribution in [3.05, 3.63) is 34.3 Å². The van der Waals surface area contributed by atoms with E-state index < -0.39 is 0 Å². The molecule has 0 saturated heterocycles. The molecule has 0 amide bonds. The zero-order chi connectivity index (χ0) is 14.1. The quantitative estimate of drug-likeness (QED) is 0.670. The van der Waals surface area contributed by atoms with Gasteiger partial charge in [0.2, 0.25) is 0 Å². The number of rotatable bonds is 9. The van der Waals surface area contributed by atoms with E-state index in [1.54, 1.807) is 0 Å². The third-order valence-corrected chi connectivity index (χ3v) is 3.92. The molecule has 0 bridgehead atoms. The average Bonchev–Trinajstić information content (AvgIpc) is 2.38. The first kappa shape index (κ1) is 16.7. The smallest absolute Gasteiger partial charge is 0.0175 e. The fourth-order valence-corrected chi connectivity index (χ4v) is 2.56. The van der Waals surface area contributed by atoms with E-state index in [-0.39, 0.29) is 0 Å². The van der Waals surface area contributed by atoms with Gasteiger partial charge in [0.1, 0.15) is 0 Å². The molecule has 1 unspecified atom stereocenters. The van der Waals surface area contributed by atoms with E-state index in [0.29, 0.717) is 0 Å². The van der Waals surface area contributed by atoms with Crippen LogP contribution in [0.1, 0.15) is 45.6 Å². The van der Waals surface area contributed by atoms with Crippen molar-refractivity contribution < 1.29 is 0 Å². The van der Waals surface area contributed by atoms with Gasteiger partial charge in [-0.2, -0.15) is 0 Å². The van der Waals surface area contributed by atoms with Crippen LogP contribution in [0.15, 0.2) is 28.7 Å². The van der Waals surface area contributed by atoms with Crippen molar-refractivity contribution in [2.75, 3.05) is 13.1 Å². The Morgan fingerprint density at radius 3 is 2.37 bits per heavy atom. The van der Waals surface area contributed by atoms with E-state index in [0.717, 1.165) is 24.9 Å². The Bertz CT molecular complexity index is 332. The minimum atomic E-state index is 0.736. The molecular formula is C17H28BrN. The van der Waals surface area contributed by atoms with Crippen molar-refractivity contribution in [3.8, 4) is 0 Å². The standard InChI is InChI=1S/C17H28BrN/c1-4-5-6-16(13-19-12-14(2)3)11-15-7-9-17(18)10-8-15/h7-10,14,16,19H,4-6,11-13H2,1-3H3. The molecule has 0 aliphatic rings. The van der Waals surface area contributed by atoms with Crippen LogP contribution >= 0.6 is 15.9 Å². The topological polar surface area (TPSA) is 12.0 Å². The lowest BCUT2D eigenvalue weighted by atomic mass is 9.94. The fraction of sp³-hybridized carbons (Fsp3) is 0.647. The summed E-state index contributed by atoms with van der Waals surface area (Å²) in [6, 6.07) is 8.78. The monoisotopic (exact) mass is 325 g/mol. The number of hydrogen-bond acceptors (Lipinski definition) is 1. The second-order valence-electron chi connectivity index (χ2n) is 5.89. The fourth-order valence-electron chi connectivity index (χ4n) is 2.30. The lowest BCUT2D eigenvalue weighted by molar-refractivity contribution is 0.413. The Kier molecular flexibility index (Phi) is 8.40. The minimum absolute atomic E-state index is 0.736. The van der Waals surface area contributed by atoms with Gasteiger partial charge in [0.05, 0.1) is 0 Å². The van der Waals surface area contributed by atoms with E-state index in [9.17, 15) is 0 Å². The molecule has 0 radical (unpaired) electrons. The molecule has 0 fully saturated rings. The highest BCUT2D eigenvalue weighted by atomic mass is 79.9. The summed E-state index contributed by atoms with van der Waals surface area (Å²) in [7, 11) is 0.